The Labute approximate surface area is 96.5 Å². The fourth-order valence-corrected chi connectivity index (χ4v) is 2.69. The molecule has 0 aliphatic rings. The van der Waals surface area contributed by atoms with Crippen molar-refractivity contribution < 1.29 is 8.42 Å². The molecule has 0 amide bonds. The molecule has 16 heavy (non-hydrogen) atoms. The summed E-state index contributed by atoms with van der Waals surface area (Å²) in [5.41, 5.74) is 5.67. The zero-order chi connectivity index (χ0) is 12.4. The van der Waals surface area contributed by atoms with E-state index in [-0.39, 0.29) is 4.90 Å². The molecule has 0 atom stereocenters. The summed E-state index contributed by atoms with van der Waals surface area (Å²) in [6, 6.07) is 1.55. The van der Waals surface area contributed by atoms with Crippen molar-refractivity contribution in [1.82, 2.24) is 9.71 Å². The number of sulfonamides is 1. The van der Waals surface area contributed by atoms with E-state index in [1.165, 1.54) is 6.20 Å². The Morgan fingerprint density at radius 2 is 2.12 bits per heavy atom. The highest BCUT2D eigenvalue weighted by molar-refractivity contribution is 7.89. The number of rotatable bonds is 5. The zero-order valence-electron chi connectivity index (χ0n) is 9.87. The Morgan fingerprint density at radius 3 is 2.56 bits per heavy atom. The Kier molecular flexibility index (Phi) is 3.77. The van der Waals surface area contributed by atoms with Crippen LogP contribution >= 0.6 is 0 Å². The molecule has 0 fully saturated rings. The molecule has 1 heterocycles. The van der Waals surface area contributed by atoms with Crippen molar-refractivity contribution in [2.45, 2.75) is 44.2 Å². The van der Waals surface area contributed by atoms with Gasteiger partial charge in [0.25, 0.3) is 0 Å². The van der Waals surface area contributed by atoms with E-state index < -0.39 is 15.6 Å². The molecular formula is C10H19N3O2S. The quantitative estimate of drug-likeness (QED) is 0.721. The predicted molar refractivity (Wildman–Crippen MR) is 63.4 cm³/mol. The molecule has 0 saturated heterocycles. The second-order valence-electron chi connectivity index (χ2n) is 4.41. The number of nitrogens with one attached hydrogen (secondary N) is 2. The summed E-state index contributed by atoms with van der Waals surface area (Å²) in [7, 11) is -3.46. The molecule has 0 bridgehead atoms. The van der Waals surface area contributed by atoms with Crippen molar-refractivity contribution >= 4 is 10.0 Å². The first-order valence-corrected chi connectivity index (χ1v) is 6.70. The number of hydrogen-bond donors (Lipinski definition) is 3. The molecule has 4 N–H and O–H groups in total. The summed E-state index contributed by atoms with van der Waals surface area (Å²) < 4.78 is 26.6. The van der Waals surface area contributed by atoms with E-state index in [4.69, 9.17) is 5.73 Å². The van der Waals surface area contributed by atoms with E-state index in [1.54, 1.807) is 6.07 Å². The van der Waals surface area contributed by atoms with Crippen LogP contribution in [0.4, 0.5) is 0 Å². The van der Waals surface area contributed by atoms with Gasteiger partial charge < -0.3 is 10.7 Å². The van der Waals surface area contributed by atoms with Crippen LogP contribution in [-0.4, -0.2) is 18.9 Å². The summed E-state index contributed by atoms with van der Waals surface area (Å²) in [5.74, 6) is 0. The molecule has 1 rings (SSSR count). The fourth-order valence-electron chi connectivity index (χ4n) is 1.19. The average molecular weight is 245 g/mol. The number of aromatic nitrogens is 1. The molecule has 6 heteroatoms. The van der Waals surface area contributed by atoms with Gasteiger partial charge in [-0.1, -0.05) is 6.92 Å². The normalized spacial score (nSPS) is 13.0. The van der Waals surface area contributed by atoms with Gasteiger partial charge in [-0.2, -0.15) is 0 Å². The molecule has 5 nitrogen and oxygen atoms in total. The molecule has 0 aromatic carbocycles. The average Bonchev–Trinajstić information content (AvgIpc) is 2.65. The van der Waals surface area contributed by atoms with Gasteiger partial charge in [-0.3, -0.25) is 0 Å². The molecule has 0 aliphatic carbocycles. The van der Waals surface area contributed by atoms with Gasteiger partial charge in [-0.25, -0.2) is 13.1 Å². The molecule has 92 valence electrons. The number of hydrogen-bond acceptors (Lipinski definition) is 3. The molecule has 1 aromatic rings. The van der Waals surface area contributed by atoms with Gasteiger partial charge in [0.1, 0.15) is 0 Å². The van der Waals surface area contributed by atoms with Crippen molar-refractivity contribution in [3.8, 4) is 0 Å². The summed E-state index contributed by atoms with van der Waals surface area (Å²) in [4.78, 5) is 3.05. The molecular weight excluding hydrogens is 226 g/mol. The standard InChI is InChI=1S/C10H19N3O2S/c1-4-10(2,3)13-16(14,15)9-5-8(6-11)12-7-9/h5,7,12-13H,4,6,11H2,1-3H3. The first kappa shape index (κ1) is 13.2. The van der Waals surface area contributed by atoms with Crippen molar-refractivity contribution in [1.29, 1.82) is 0 Å². The van der Waals surface area contributed by atoms with Crippen LogP contribution in [-0.2, 0) is 16.6 Å². The van der Waals surface area contributed by atoms with Crippen LogP contribution in [0.25, 0.3) is 0 Å². The number of H-pyrrole nitrogens is 1. The van der Waals surface area contributed by atoms with Gasteiger partial charge in [0.15, 0.2) is 0 Å². The summed E-state index contributed by atoms with van der Waals surface area (Å²) in [6.45, 7) is 5.93. The SMILES string of the molecule is CCC(C)(C)NS(=O)(=O)c1c[nH]c(CN)c1. The van der Waals surface area contributed by atoms with Gasteiger partial charge in [-0.15, -0.1) is 0 Å². The minimum atomic E-state index is -3.46. The molecule has 0 radical (unpaired) electrons. The van der Waals surface area contributed by atoms with E-state index in [9.17, 15) is 8.42 Å². The number of aromatic amines is 1. The van der Waals surface area contributed by atoms with Gasteiger partial charge in [0, 0.05) is 24.0 Å². The molecule has 0 unspecified atom stereocenters. The van der Waals surface area contributed by atoms with Crippen molar-refractivity contribution in [2.75, 3.05) is 0 Å². The Morgan fingerprint density at radius 1 is 1.50 bits per heavy atom. The van der Waals surface area contributed by atoms with Crippen LogP contribution in [0.5, 0.6) is 0 Å². The summed E-state index contributed by atoms with van der Waals surface area (Å²) in [5, 5.41) is 0. The largest absolute Gasteiger partial charge is 0.363 e. The zero-order valence-corrected chi connectivity index (χ0v) is 10.7. The molecule has 0 aliphatic heterocycles. The fraction of sp³-hybridized carbons (Fsp3) is 0.600. The second-order valence-corrected chi connectivity index (χ2v) is 6.09. The molecule has 0 spiro atoms. The van der Waals surface area contributed by atoms with Crippen LogP contribution in [0.3, 0.4) is 0 Å². The van der Waals surface area contributed by atoms with Crippen LogP contribution in [0.1, 0.15) is 32.9 Å². The monoisotopic (exact) mass is 245 g/mol. The first-order valence-electron chi connectivity index (χ1n) is 5.22. The highest BCUT2D eigenvalue weighted by Crippen LogP contribution is 2.15. The smallest absolute Gasteiger partial charge is 0.242 e. The lowest BCUT2D eigenvalue weighted by atomic mass is 10.0. The van der Waals surface area contributed by atoms with E-state index in [1.807, 2.05) is 20.8 Å². The van der Waals surface area contributed by atoms with Gasteiger partial charge in [0.2, 0.25) is 10.0 Å². The van der Waals surface area contributed by atoms with Crippen LogP contribution in [0.2, 0.25) is 0 Å². The third-order valence-electron chi connectivity index (χ3n) is 2.54. The van der Waals surface area contributed by atoms with E-state index in [2.05, 4.69) is 9.71 Å². The minimum Gasteiger partial charge on any atom is -0.363 e. The first-order chi connectivity index (χ1) is 7.30. The van der Waals surface area contributed by atoms with Crippen molar-refractivity contribution in [2.24, 2.45) is 5.73 Å². The summed E-state index contributed by atoms with van der Waals surface area (Å²) >= 11 is 0. The lowest BCUT2D eigenvalue weighted by Gasteiger charge is -2.23. The van der Waals surface area contributed by atoms with Crippen molar-refractivity contribution in [3.05, 3.63) is 18.0 Å². The lowest BCUT2D eigenvalue weighted by molar-refractivity contribution is 0.439. The maximum atomic E-state index is 12.0. The third kappa shape index (κ3) is 3.07. The predicted octanol–water partition coefficient (Wildman–Crippen LogP) is 0.940. The van der Waals surface area contributed by atoms with Crippen LogP contribution in [0, 0.1) is 0 Å². The highest BCUT2D eigenvalue weighted by atomic mass is 32.2. The molecule has 1 aromatic heterocycles. The lowest BCUT2D eigenvalue weighted by Crippen LogP contribution is -2.42. The maximum absolute atomic E-state index is 12.0. The number of nitrogens with two attached hydrogens (primary N) is 1. The topological polar surface area (TPSA) is 88.0 Å². The molecule has 0 saturated carbocycles. The maximum Gasteiger partial charge on any atom is 0.242 e. The van der Waals surface area contributed by atoms with Crippen LogP contribution < -0.4 is 10.5 Å². The van der Waals surface area contributed by atoms with E-state index in [0.717, 1.165) is 6.42 Å². The summed E-state index contributed by atoms with van der Waals surface area (Å²) in [6.07, 6.45) is 2.18. The van der Waals surface area contributed by atoms with E-state index in [0.29, 0.717) is 12.2 Å². The van der Waals surface area contributed by atoms with Gasteiger partial charge >= 0.3 is 0 Å². The van der Waals surface area contributed by atoms with Gasteiger partial charge in [-0.05, 0) is 26.3 Å². The second kappa shape index (κ2) is 4.57. The third-order valence-corrected chi connectivity index (χ3v) is 4.22. The minimum absolute atomic E-state index is 0.231. The van der Waals surface area contributed by atoms with E-state index >= 15 is 0 Å². The Hall–Kier alpha value is -0.850. The Bertz CT molecular complexity index is 448. The van der Waals surface area contributed by atoms with Crippen LogP contribution in [0.15, 0.2) is 17.2 Å². The highest BCUT2D eigenvalue weighted by Gasteiger charge is 2.25. The van der Waals surface area contributed by atoms with Crippen molar-refractivity contribution in [3.63, 3.8) is 0 Å². The van der Waals surface area contributed by atoms with Gasteiger partial charge in [0.05, 0.1) is 4.90 Å². The Balaban J connectivity index is 2.94.